The summed E-state index contributed by atoms with van der Waals surface area (Å²) in [5.41, 5.74) is 0.978. The van der Waals surface area contributed by atoms with Gasteiger partial charge in [0.05, 0.1) is 12.2 Å². The number of nitrogens with one attached hydrogen (secondary N) is 1. The highest BCUT2D eigenvalue weighted by Crippen LogP contribution is 2.24. The highest BCUT2D eigenvalue weighted by Gasteiger charge is 2.11. The second-order valence-corrected chi connectivity index (χ2v) is 4.02. The molecule has 0 fully saturated rings. The summed E-state index contributed by atoms with van der Waals surface area (Å²) in [6.07, 6.45) is 1.73. The predicted molar refractivity (Wildman–Crippen MR) is 64.4 cm³/mol. The summed E-state index contributed by atoms with van der Waals surface area (Å²) in [5, 5.41) is 3.79. The number of rotatable bonds is 3. The lowest BCUT2D eigenvalue weighted by Crippen LogP contribution is -2.12. The molecule has 0 amide bonds. The van der Waals surface area contributed by atoms with Crippen LogP contribution in [0.4, 0.5) is 0 Å². The number of halogens is 1. The van der Waals surface area contributed by atoms with E-state index < -0.39 is 0 Å². The molecule has 0 bridgehead atoms. The average molecular weight is 237 g/mol. The first-order valence-electron chi connectivity index (χ1n) is 5.09. The Hall–Kier alpha value is -1.32. The first kappa shape index (κ1) is 11.2. The second-order valence-electron chi connectivity index (χ2n) is 3.58. The van der Waals surface area contributed by atoms with Gasteiger partial charge in [0.25, 0.3) is 0 Å². The number of hydrogen-bond donors (Lipinski definition) is 1. The lowest BCUT2D eigenvalue weighted by atomic mass is 10.2. The van der Waals surface area contributed by atoms with Crippen LogP contribution in [0.5, 0.6) is 0 Å². The number of hydrogen-bond acceptors (Lipinski definition) is 3. The Morgan fingerprint density at radius 1 is 1.31 bits per heavy atom. The van der Waals surface area contributed by atoms with E-state index in [1.165, 1.54) is 0 Å². The van der Waals surface area contributed by atoms with Crippen LogP contribution in [0.1, 0.15) is 18.9 Å². The standard InChI is InChI=1S/C12H13ClN2O/c1-8(14-2)12-15-7-11(16-12)9-3-5-10(13)6-4-9/h3-8,14H,1-2H3. The molecular weight excluding hydrogens is 224 g/mol. The lowest BCUT2D eigenvalue weighted by Gasteiger charge is -2.03. The molecule has 0 aliphatic rings. The third kappa shape index (κ3) is 2.26. The molecule has 0 spiro atoms. The van der Waals surface area contributed by atoms with E-state index in [2.05, 4.69) is 10.3 Å². The molecule has 84 valence electrons. The van der Waals surface area contributed by atoms with Gasteiger partial charge in [-0.05, 0) is 38.2 Å². The molecule has 1 unspecified atom stereocenters. The summed E-state index contributed by atoms with van der Waals surface area (Å²) in [4.78, 5) is 4.22. The van der Waals surface area contributed by atoms with Crippen LogP contribution in [-0.2, 0) is 0 Å². The van der Waals surface area contributed by atoms with Crippen molar-refractivity contribution in [2.75, 3.05) is 7.05 Å². The van der Waals surface area contributed by atoms with E-state index in [-0.39, 0.29) is 6.04 Å². The maximum absolute atomic E-state index is 5.82. The Balaban J connectivity index is 2.28. The molecule has 1 aromatic heterocycles. The van der Waals surface area contributed by atoms with Crippen molar-refractivity contribution in [1.82, 2.24) is 10.3 Å². The largest absolute Gasteiger partial charge is 0.439 e. The summed E-state index contributed by atoms with van der Waals surface area (Å²) in [7, 11) is 1.87. The van der Waals surface area contributed by atoms with Crippen molar-refractivity contribution in [3.05, 3.63) is 41.4 Å². The number of benzene rings is 1. The van der Waals surface area contributed by atoms with E-state index >= 15 is 0 Å². The van der Waals surface area contributed by atoms with Gasteiger partial charge in [-0.2, -0.15) is 0 Å². The van der Waals surface area contributed by atoms with Crippen LogP contribution < -0.4 is 5.32 Å². The van der Waals surface area contributed by atoms with Gasteiger partial charge >= 0.3 is 0 Å². The minimum atomic E-state index is 0.112. The highest BCUT2D eigenvalue weighted by atomic mass is 35.5. The van der Waals surface area contributed by atoms with Crippen LogP contribution in [0.15, 0.2) is 34.9 Å². The van der Waals surface area contributed by atoms with Gasteiger partial charge in [0, 0.05) is 10.6 Å². The Morgan fingerprint density at radius 2 is 2.00 bits per heavy atom. The molecule has 1 aromatic carbocycles. The molecule has 1 atom stereocenters. The van der Waals surface area contributed by atoms with Gasteiger partial charge in [0.1, 0.15) is 0 Å². The van der Waals surface area contributed by atoms with Gasteiger partial charge in [-0.1, -0.05) is 11.6 Å². The Kier molecular flexibility index (Phi) is 3.27. The number of aromatic nitrogens is 1. The fourth-order valence-electron chi connectivity index (χ4n) is 1.36. The zero-order valence-corrected chi connectivity index (χ0v) is 9.95. The van der Waals surface area contributed by atoms with E-state index in [4.69, 9.17) is 16.0 Å². The molecule has 0 aliphatic carbocycles. The molecule has 0 saturated heterocycles. The SMILES string of the molecule is CNC(C)c1ncc(-c2ccc(Cl)cc2)o1. The zero-order valence-electron chi connectivity index (χ0n) is 9.20. The molecule has 2 aromatic rings. The average Bonchev–Trinajstić information content (AvgIpc) is 2.78. The molecule has 0 radical (unpaired) electrons. The molecule has 0 aliphatic heterocycles. The van der Waals surface area contributed by atoms with Crippen LogP contribution in [-0.4, -0.2) is 12.0 Å². The van der Waals surface area contributed by atoms with Crippen LogP contribution in [0.2, 0.25) is 5.02 Å². The minimum absolute atomic E-state index is 0.112. The van der Waals surface area contributed by atoms with Crippen molar-refractivity contribution in [1.29, 1.82) is 0 Å². The molecule has 3 nitrogen and oxygen atoms in total. The maximum Gasteiger partial charge on any atom is 0.211 e. The fourth-order valence-corrected chi connectivity index (χ4v) is 1.48. The third-order valence-electron chi connectivity index (χ3n) is 2.46. The van der Waals surface area contributed by atoms with Crippen molar-refractivity contribution < 1.29 is 4.42 Å². The van der Waals surface area contributed by atoms with Crippen LogP contribution in [0.25, 0.3) is 11.3 Å². The topological polar surface area (TPSA) is 38.1 Å². The normalized spacial score (nSPS) is 12.7. The van der Waals surface area contributed by atoms with E-state index in [1.54, 1.807) is 6.20 Å². The predicted octanol–water partition coefficient (Wildman–Crippen LogP) is 3.28. The van der Waals surface area contributed by atoms with Crippen molar-refractivity contribution in [3.8, 4) is 11.3 Å². The maximum atomic E-state index is 5.82. The first-order valence-corrected chi connectivity index (χ1v) is 5.47. The number of nitrogens with zero attached hydrogens (tertiary/aromatic N) is 1. The van der Waals surface area contributed by atoms with Gasteiger partial charge < -0.3 is 9.73 Å². The van der Waals surface area contributed by atoms with Crippen molar-refractivity contribution in [2.24, 2.45) is 0 Å². The van der Waals surface area contributed by atoms with Crippen LogP contribution >= 0.6 is 11.6 Å². The molecule has 16 heavy (non-hydrogen) atoms. The Morgan fingerprint density at radius 3 is 2.62 bits per heavy atom. The van der Waals surface area contributed by atoms with Crippen LogP contribution in [0.3, 0.4) is 0 Å². The molecule has 4 heteroatoms. The molecular formula is C12H13ClN2O. The van der Waals surface area contributed by atoms with Gasteiger partial charge in [0.15, 0.2) is 5.76 Å². The summed E-state index contributed by atoms with van der Waals surface area (Å²) >= 11 is 5.82. The van der Waals surface area contributed by atoms with Crippen molar-refractivity contribution >= 4 is 11.6 Å². The van der Waals surface area contributed by atoms with Crippen molar-refractivity contribution in [2.45, 2.75) is 13.0 Å². The van der Waals surface area contributed by atoms with E-state index in [9.17, 15) is 0 Å². The number of oxazole rings is 1. The first-order chi connectivity index (χ1) is 7.70. The quantitative estimate of drug-likeness (QED) is 0.889. The highest BCUT2D eigenvalue weighted by molar-refractivity contribution is 6.30. The van der Waals surface area contributed by atoms with Crippen LogP contribution in [0, 0.1) is 0 Å². The van der Waals surface area contributed by atoms with Crippen molar-refractivity contribution in [3.63, 3.8) is 0 Å². The molecule has 1 heterocycles. The van der Waals surface area contributed by atoms with Gasteiger partial charge in [-0.3, -0.25) is 0 Å². The summed E-state index contributed by atoms with van der Waals surface area (Å²) in [6.45, 7) is 2.00. The summed E-state index contributed by atoms with van der Waals surface area (Å²) in [5.74, 6) is 1.45. The summed E-state index contributed by atoms with van der Waals surface area (Å²) in [6, 6.07) is 7.61. The smallest absolute Gasteiger partial charge is 0.211 e. The fraction of sp³-hybridized carbons (Fsp3) is 0.250. The van der Waals surface area contributed by atoms with E-state index in [1.807, 2.05) is 38.2 Å². The van der Waals surface area contributed by atoms with E-state index in [0.29, 0.717) is 10.9 Å². The Labute approximate surface area is 99.5 Å². The molecule has 1 N–H and O–H groups in total. The van der Waals surface area contributed by atoms with E-state index in [0.717, 1.165) is 11.3 Å². The van der Waals surface area contributed by atoms with Gasteiger partial charge in [-0.15, -0.1) is 0 Å². The molecule has 0 saturated carbocycles. The third-order valence-corrected chi connectivity index (χ3v) is 2.71. The second kappa shape index (κ2) is 4.68. The monoisotopic (exact) mass is 236 g/mol. The summed E-state index contributed by atoms with van der Waals surface area (Å²) < 4.78 is 5.65. The zero-order chi connectivity index (χ0) is 11.5. The molecule has 2 rings (SSSR count). The Bertz CT molecular complexity index is 464. The minimum Gasteiger partial charge on any atom is -0.439 e. The van der Waals surface area contributed by atoms with Gasteiger partial charge in [-0.25, -0.2) is 4.98 Å². The van der Waals surface area contributed by atoms with Gasteiger partial charge in [0.2, 0.25) is 5.89 Å². The lowest BCUT2D eigenvalue weighted by molar-refractivity contribution is 0.441.